The SMILES string of the molecule is C=CC(=O)NCCC(C)(C)N(CCCCN(C)C)CCC(=O)NCCSSCCNC(=O)CCC(C)(C)CNC(=O)C=C. The van der Waals surface area contributed by atoms with Gasteiger partial charge in [0.1, 0.15) is 0 Å². The predicted octanol–water partition coefficient (Wildman–Crippen LogP) is 3.21. The Morgan fingerprint density at radius 1 is 0.698 bits per heavy atom. The van der Waals surface area contributed by atoms with Crippen LogP contribution in [0.15, 0.2) is 25.3 Å². The van der Waals surface area contributed by atoms with Crippen LogP contribution >= 0.6 is 21.6 Å². The maximum absolute atomic E-state index is 12.6. The Kier molecular flexibility index (Phi) is 22.3. The van der Waals surface area contributed by atoms with Gasteiger partial charge in [0.15, 0.2) is 0 Å². The molecule has 4 N–H and O–H groups in total. The maximum atomic E-state index is 12.6. The number of carbonyl (C=O) groups is 4. The van der Waals surface area contributed by atoms with Crippen molar-refractivity contribution in [3.8, 4) is 0 Å². The number of carbonyl (C=O) groups excluding carboxylic acids is 4. The highest BCUT2D eigenvalue weighted by atomic mass is 33.1. The minimum Gasteiger partial charge on any atom is -0.355 e. The fraction of sp³-hybridized carbons (Fsp3) is 0.742. The first-order valence-electron chi connectivity index (χ1n) is 15.2. The van der Waals surface area contributed by atoms with E-state index < -0.39 is 0 Å². The molecule has 4 amide bonds. The van der Waals surface area contributed by atoms with E-state index in [-0.39, 0.29) is 34.6 Å². The topological polar surface area (TPSA) is 123 Å². The molecule has 0 fully saturated rings. The zero-order chi connectivity index (χ0) is 32.7. The summed E-state index contributed by atoms with van der Waals surface area (Å²) in [5, 5.41) is 11.6. The number of amides is 4. The molecular weight excluding hydrogens is 585 g/mol. The lowest BCUT2D eigenvalue weighted by Crippen LogP contribution is -2.48. The van der Waals surface area contributed by atoms with Crippen LogP contribution in [0.5, 0.6) is 0 Å². The molecule has 0 radical (unpaired) electrons. The molecule has 0 bridgehead atoms. The van der Waals surface area contributed by atoms with Gasteiger partial charge in [-0.1, -0.05) is 48.6 Å². The van der Waals surface area contributed by atoms with E-state index in [1.807, 2.05) is 13.8 Å². The third-order valence-electron chi connectivity index (χ3n) is 7.02. The van der Waals surface area contributed by atoms with Gasteiger partial charge in [-0.05, 0) is 84.3 Å². The number of nitrogens with zero attached hydrogens (tertiary/aromatic N) is 2. The van der Waals surface area contributed by atoms with Crippen molar-refractivity contribution in [3.63, 3.8) is 0 Å². The van der Waals surface area contributed by atoms with Crippen LogP contribution < -0.4 is 21.3 Å². The Balaban J connectivity index is 4.24. The standard InChI is InChI=1S/C31H58N6O4S2/c1-9-26(38)32-17-16-31(5,6)37(21-12-11-20-36(7)8)22-14-29(41)34-19-24-43-42-23-18-33-28(40)13-15-30(3,4)25-35-27(39)10-2/h9-10H,1-2,11-25H2,3-8H3,(H,32,38)(H,33,40)(H,34,41)(H,35,39). The van der Waals surface area contributed by atoms with Gasteiger partial charge in [-0.2, -0.15) is 0 Å². The maximum Gasteiger partial charge on any atom is 0.243 e. The van der Waals surface area contributed by atoms with Gasteiger partial charge in [0, 0.05) is 62.6 Å². The molecule has 0 heterocycles. The zero-order valence-corrected chi connectivity index (χ0v) is 29.2. The van der Waals surface area contributed by atoms with Crippen molar-refractivity contribution < 1.29 is 19.2 Å². The minimum atomic E-state index is -0.205. The van der Waals surface area contributed by atoms with E-state index in [0.29, 0.717) is 52.0 Å². The van der Waals surface area contributed by atoms with Gasteiger partial charge in [-0.25, -0.2) is 0 Å². The Morgan fingerprint density at radius 3 is 1.79 bits per heavy atom. The number of hydrogen-bond acceptors (Lipinski definition) is 8. The van der Waals surface area contributed by atoms with Crippen molar-refractivity contribution in [2.24, 2.45) is 5.41 Å². The molecule has 0 aliphatic rings. The molecule has 0 rings (SSSR count). The molecule has 0 aromatic carbocycles. The monoisotopic (exact) mass is 642 g/mol. The highest BCUT2D eigenvalue weighted by Crippen LogP contribution is 2.22. The first-order chi connectivity index (χ1) is 20.2. The molecule has 10 nitrogen and oxygen atoms in total. The fourth-order valence-corrected chi connectivity index (χ4v) is 5.92. The summed E-state index contributed by atoms with van der Waals surface area (Å²) in [6, 6.07) is 0. The Hall–Kier alpha value is -2.02. The van der Waals surface area contributed by atoms with Gasteiger partial charge < -0.3 is 26.2 Å². The van der Waals surface area contributed by atoms with Gasteiger partial charge in [0.25, 0.3) is 0 Å². The van der Waals surface area contributed by atoms with Crippen molar-refractivity contribution in [2.75, 3.05) is 71.4 Å². The molecule has 0 aliphatic carbocycles. The summed E-state index contributed by atoms with van der Waals surface area (Å²) >= 11 is 0. The summed E-state index contributed by atoms with van der Waals surface area (Å²) in [6.45, 7) is 20.2. The van der Waals surface area contributed by atoms with Crippen LogP contribution in [0.4, 0.5) is 0 Å². The predicted molar refractivity (Wildman–Crippen MR) is 183 cm³/mol. The first kappa shape index (κ1) is 41.0. The van der Waals surface area contributed by atoms with Crippen molar-refractivity contribution in [1.82, 2.24) is 31.1 Å². The van der Waals surface area contributed by atoms with Crippen LogP contribution in [-0.2, 0) is 19.2 Å². The van der Waals surface area contributed by atoms with Gasteiger partial charge in [0.2, 0.25) is 23.6 Å². The van der Waals surface area contributed by atoms with Gasteiger partial charge in [-0.3, -0.25) is 24.1 Å². The molecule has 0 saturated carbocycles. The van der Waals surface area contributed by atoms with E-state index in [0.717, 1.165) is 43.9 Å². The second-order valence-electron chi connectivity index (χ2n) is 12.2. The Bertz CT molecular complexity index is 867. The molecular formula is C31H58N6O4S2. The van der Waals surface area contributed by atoms with Gasteiger partial charge in [-0.15, -0.1) is 0 Å². The van der Waals surface area contributed by atoms with Crippen LogP contribution in [0, 0.1) is 5.41 Å². The first-order valence-corrected chi connectivity index (χ1v) is 17.7. The quantitative estimate of drug-likeness (QED) is 0.0645. The van der Waals surface area contributed by atoms with E-state index in [1.165, 1.54) is 12.2 Å². The second kappa shape index (κ2) is 23.4. The lowest BCUT2D eigenvalue weighted by Gasteiger charge is -2.39. The number of nitrogens with one attached hydrogen (secondary N) is 4. The third kappa shape index (κ3) is 23.1. The molecule has 43 heavy (non-hydrogen) atoms. The summed E-state index contributed by atoms with van der Waals surface area (Å²) < 4.78 is 0. The number of rotatable bonds is 26. The summed E-state index contributed by atoms with van der Waals surface area (Å²) in [7, 11) is 7.50. The van der Waals surface area contributed by atoms with Crippen molar-refractivity contribution in [2.45, 2.75) is 71.8 Å². The van der Waals surface area contributed by atoms with E-state index in [2.05, 4.69) is 72.2 Å². The largest absolute Gasteiger partial charge is 0.355 e. The molecule has 0 atom stereocenters. The molecule has 248 valence electrons. The van der Waals surface area contributed by atoms with Crippen molar-refractivity contribution in [1.29, 1.82) is 0 Å². The van der Waals surface area contributed by atoms with Crippen LogP contribution in [0.2, 0.25) is 0 Å². The Labute approximate surface area is 268 Å². The molecule has 0 spiro atoms. The normalized spacial score (nSPS) is 11.7. The molecule has 0 unspecified atom stereocenters. The van der Waals surface area contributed by atoms with E-state index in [1.54, 1.807) is 21.6 Å². The molecule has 0 aliphatic heterocycles. The van der Waals surface area contributed by atoms with Crippen molar-refractivity contribution in [3.05, 3.63) is 25.3 Å². The molecule has 0 aromatic heterocycles. The summed E-state index contributed by atoms with van der Waals surface area (Å²) in [6.07, 6.45) is 6.97. The molecule has 12 heteroatoms. The average Bonchev–Trinajstić information content (AvgIpc) is 2.95. The lowest BCUT2D eigenvalue weighted by molar-refractivity contribution is -0.122. The smallest absolute Gasteiger partial charge is 0.243 e. The average molecular weight is 643 g/mol. The van der Waals surface area contributed by atoms with E-state index >= 15 is 0 Å². The van der Waals surface area contributed by atoms with E-state index in [4.69, 9.17) is 0 Å². The second-order valence-corrected chi connectivity index (χ2v) is 14.9. The van der Waals surface area contributed by atoms with Gasteiger partial charge in [0.05, 0.1) is 0 Å². The Morgan fingerprint density at radius 2 is 1.23 bits per heavy atom. The fourth-order valence-electron chi connectivity index (χ4n) is 4.10. The van der Waals surface area contributed by atoms with Crippen molar-refractivity contribution >= 4 is 45.2 Å². The minimum absolute atomic E-state index is 0.0115. The highest BCUT2D eigenvalue weighted by Gasteiger charge is 2.26. The third-order valence-corrected chi connectivity index (χ3v) is 9.43. The van der Waals surface area contributed by atoms with Gasteiger partial charge >= 0.3 is 0 Å². The highest BCUT2D eigenvalue weighted by molar-refractivity contribution is 8.76. The lowest BCUT2D eigenvalue weighted by atomic mass is 9.87. The van der Waals surface area contributed by atoms with E-state index in [9.17, 15) is 19.2 Å². The summed E-state index contributed by atoms with van der Waals surface area (Å²) in [4.78, 5) is 52.2. The number of unbranched alkanes of at least 4 members (excludes halogenated alkanes) is 1. The molecule has 0 aromatic rings. The van der Waals surface area contributed by atoms with Crippen LogP contribution in [-0.4, -0.2) is 110 Å². The van der Waals surface area contributed by atoms with Crippen LogP contribution in [0.25, 0.3) is 0 Å². The summed E-state index contributed by atoms with van der Waals surface area (Å²) in [5.41, 5.74) is -0.329. The number of hydrogen-bond donors (Lipinski definition) is 4. The molecule has 0 saturated heterocycles. The van der Waals surface area contributed by atoms with Crippen LogP contribution in [0.1, 0.15) is 66.2 Å². The summed E-state index contributed by atoms with van der Waals surface area (Å²) in [5.74, 6) is 1.25. The van der Waals surface area contributed by atoms with Crippen LogP contribution in [0.3, 0.4) is 0 Å². The zero-order valence-electron chi connectivity index (χ0n) is 27.5.